The highest BCUT2D eigenvalue weighted by molar-refractivity contribution is 5.80. The normalized spacial score (nSPS) is 10.7. The number of amides is 1. The van der Waals surface area contributed by atoms with Crippen LogP contribution in [0, 0.1) is 5.92 Å². The van der Waals surface area contributed by atoms with Gasteiger partial charge in [0.05, 0.1) is 0 Å². The maximum absolute atomic E-state index is 11.6. The molecule has 106 valence electrons. The molecule has 0 fully saturated rings. The fourth-order valence-corrected chi connectivity index (χ4v) is 1.87. The molecule has 1 amide bonds. The van der Waals surface area contributed by atoms with Crippen molar-refractivity contribution < 1.29 is 9.59 Å². The van der Waals surface area contributed by atoms with Crippen LogP contribution in [-0.2, 0) is 9.59 Å². The van der Waals surface area contributed by atoms with Crippen molar-refractivity contribution in [2.45, 2.75) is 65.7 Å². The summed E-state index contributed by atoms with van der Waals surface area (Å²) in [4.78, 5) is 24.8. The van der Waals surface area contributed by atoms with Crippen LogP contribution in [0.25, 0.3) is 0 Å². The van der Waals surface area contributed by atoms with Crippen molar-refractivity contribution in [2.75, 3.05) is 13.6 Å². The molecule has 0 atom stereocenters. The fraction of sp³-hybridized carbons (Fsp3) is 0.867. The Balaban J connectivity index is 3.46. The number of rotatable bonds is 10. The molecule has 0 radical (unpaired) electrons. The van der Waals surface area contributed by atoms with E-state index in [0.717, 1.165) is 38.6 Å². The molecule has 0 saturated carbocycles. The van der Waals surface area contributed by atoms with Crippen LogP contribution in [0.15, 0.2) is 0 Å². The summed E-state index contributed by atoms with van der Waals surface area (Å²) in [6, 6.07) is 0. The third kappa shape index (κ3) is 8.26. The average molecular weight is 255 g/mol. The molecular formula is C15H29NO2. The van der Waals surface area contributed by atoms with Gasteiger partial charge in [0.15, 0.2) is 0 Å². The van der Waals surface area contributed by atoms with E-state index in [9.17, 15) is 9.59 Å². The number of hydrogen-bond donors (Lipinski definition) is 0. The molecule has 0 aliphatic carbocycles. The van der Waals surface area contributed by atoms with Gasteiger partial charge < -0.3 is 4.90 Å². The van der Waals surface area contributed by atoms with Gasteiger partial charge in [-0.1, -0.05) is 33.6 Å². The van der Waals surface area contributed by atoms with Crippen molar-refractivity contribution >= 4 is 11.7 Å². The number of ketones is 1. The minimum absolute atomic E-state index is 0.161. The van der Waals surface area contributed by atoms with Gasteiger partial charge in [0.1, 0.15) is 5.78 Å². The highest BCUT2D eigenvalue weighted by Gasteiger charge is 2.08. The second-order valence-electron chi connectivity index (χ2n) is 5.35. The quantitative estimate of drug-likeness (QED) is 0.561. The minimum Gasteiger partial charge on any atom is -0.346 e. The second-order valence-corrected chi connectivity index (χ2v) is 5.35. The Bertz CT molecular complexity index is 249. The van der Waals surface area contributed by atoms with E-state index < -0.39 is 0 Å². The van der Waals surface area contributed by atoms with Crippen molar-refractivity contribution in [1.82, 2.24) is 4.90 Å². The molecule has 0 aromatic rings. The van der Waals surface area contributed by atoms with Gasteiger partial charge >= 0.3 is 0 Å². The van der Waals surface area contributed by atoms with E-state index >= 15 is 0 Å². The van der Waals surface area contributed by atoms with Crippen molar-refractivity contribution in [1.29, 1.82) is 0 Å². The maximum atomic E-state index is 11.6. The van der Waals surface area contributed by atoms with E-state index in [1.807, 2.05) is 25.8 Å². The van der Waals surface area contributed by atoms with E-state index in [0.29, 0.717) is 18.6 Å². The minimum atomic E-state index is 0.161. The Morgan fingerprint density at radius 2 is 1.56 bits per heavy atom. The van der Waals surface area contributed by atoms with Crippen molar-refractivity contribution in [3.05, 3.63) is 0 Å². The summed E-state index contributed by atoms with van der Waals surface area (Å²) < 4.78 is 0. The standard InChI is InChI=1S/C15H29NO2/c1-5-12-16(4)15(18)11-9-7-6-8-10-14(17)13(2)3/h13H,5-12H2,1-4H3. The van der Waals surface area contributed by atoms with Gasteiger partial charge in [-0.2, -0.15) is 0 Å². The molecule has 0 unspecified atom stereocenters. The molecule has 0 N–H and O–H groups in total. The zero-order valence-corrected chi connectivity index (χ0v) is 12.5. The summed E-state index contributed by atoms with van der Waals surface area (Å²) in [5, 5.41) is 0. The van der Waals surface area contributed by atoms with Crippen LogP contribution in [0.3, 0.4) is 0 Å². The number of Topliss-reactive ketones (excluding diaryl/α,β-unsaturated/α-hetero) is 1. The third-order valence-corrected chi connectivity index (χ3v) is 3.19. The average Bonchev–Trinajstić information content (AvgIpc) is 2.32. The molecule has 0 saturated heterocycles. The first-order valence-corrected chi connectivity index (χ1v) is 7.25. The fourth-order valence-electron chi connectivity index (χ4n) is 1.87. The van der Waals surface area contributed by atoms with Crippen molar-refractivity contribution in [3.8, 4) is 0 Å². The molecule has 0 bridgehead atoms. The lowest BCUT2D eigenvalue weighted by molar-refractivity contribution is -0.130. The summed E-state index contributed by atoms with van der Waals surface area (Å²) in [7, 11) is 1.87. The van der Waals surface area contributed by atoms with Crippen LogP contribution in [0.1, 0.15) is 65.7 Å². The largest absolute Gasteiger partial charge is 0.346 e. The van der Waals surface area contributed by atoms with Crippen LogP contribution in [0.2, 0.25) is 0 Å². The van der Waals surface area contributed by atoms with Crippen LogP contribution in [0.5, 0.6) is 0 Å². The molecule has 0 aliphatic heterocycles. The molecule has 0 aliphatic rings. The summed E-state index contributed by atoms with van der Waals surface area (Å²) in [6.45, 7) is 6.83. The second kappa shape index (κ2) is 10.1. The van der Waals surface area contributed by atoms with Gasteiger partial charge in [0, 0.05) is 32.4 Å². The number of carbonyl (C=O) groups is 2. The Hall–Kier alpha value is -0.860. The van der Waals surface area contributed by atoms with Crippen LogP contribution >= 0.6 is 0 Å². The van der Waals surface area contributed by atoms with E-state index in [4.69, 9.17) is 0 Å². The van der Waals surface area contributed by atoms with Crippen LogP contribution in [-0.4, -0.2) is 30.2 Å². The van der Waals surface area contributed by atoms with E-state index in [1.165, 1.54) is 0 Å². The highest BCUT2D eigenvalue weighted by Crippen LogP contribution is 2.09. The molecule has 3 nitrogen and oxygen atoms in total. The Labute approximate surface area is 112 Å². The lowest BCUT2D eigenvalue weighted by Gasteiger charge is -2.15. The summed E-state index contributed by atoms with van der Waals surface area (Å²) in [5.74, 6) is 0.762. The molecule has 0 spiro atoms. The monoisotopic (exact) mass is 255 g/mol. The van der Waals surface area contributed by atoms with E-state index in [1.54, 1.807) is 0 Å². The van der Waals surface area contributed by atoms with Gasteiger partial charge in [0.2, 0.25) is 5.91 Å². The van der Waals surface area contributed by atoms with Gasteiger partial charge in [-0.25, -0.2) is 0 Å². The number of hydrogen-bond acceptors (Lipinski definition) is 2. The van der Waals surface area contributed by atoms with Crippen molar-refractivity contribution in [3.63, 3.8) is 0 Å². The molecule has 0 heterocycles. The van der Waals surface area contributed by atoms with Gasteiger partial charge in [-0.3, -0.25) is 9.59 Å². The first kappa shape index (κ1) is 17.1. The van der Waals surface area contributed by atoms with Crippen LogP contribution in [0.4, 0.5) is 0 Å². The first-order valence-electron chi connectivity index (χ1n) is 7.25. The predicted molar refractivity (Wildman–Crippen MR) is 75.5 cm³/mol. The van der Waals surface area contributed by atoms with E-state index in [2.05, 4.69) is 6.92 Å². The lowest BCUT2D eigenvalue weighted by atomic mass is 10.0. The molecule has 0 rings (SSSR count). The smallest absolute Gasteiger partial charge is 0.222 e. The molecule has 0 aromatic heterocycles. The van der Waals surface area contributed by atoms with Gasteiger partial charge in [0.25, 0.3) is 0 Å². The van der Waals surface area contributed by atoms with E-state index in [-0.39, 0.29) is 11.8 Å². The summed E-state index contributed by atoms with van der Waals surface area (Å²) in [6.07, 6.45) is 6.38. The Kier molecular flexibility index (Phi) is 9.62. The maximum Gasteiger partial charge on any atom is 0.222 e. The van der Waals surface area contributed by atoms with Crippen LogP contribution < -0.4 is 0 Å². The Morgan fingerprint density at radius 3 is 2.06 bits per heavy atom. The van der Waals surface area contributed by atoms with Gasteiger partial charge in [-0.15, -0.1) is 0 Å². The third-order valence-electron chi connectivity index (χ3n) is 3.19. The van der Waals surface area contributed by atoms with Gasteiger partial charge in [-0.05, 0) is 19.3 Å². The number of nitrogens with zero attached hydrogens (tertiary/aromatic N) is 1. The summed E-state index contributed by atoms with van der Waals surface area (Å²) >= 11 is 0. The first-order chi connectivity index (χ1) is 8.49. The summed E-state index contributed by atoms with van der Waals surface area (Å²) in [5.41, 5.74) is 0. The Morgan fingerprint density at radius 1 is 1.00 bits per heavy atom. The number of unbranched alkanes of at least 4 members (excludes halogenated alkanes) is 3. The predicted octanol–water partition coefficient (Wildman–Crippen LogP) is 3.42. The molecule has 18 heavy (non-hydrogen) atoms. The topological polar surface area (TPSA) is 37.4 Å². The highest BCUT2D eigenvalue weighted by atomic mass is 16.2. The molecule has 3 heteroatoms. The van der Waals surface area contributed by atoms with Crippen molar-refractivity contribution in [2.24, 2.45) is 5.92 Å². The molecular weight excluding hydrogens is 226 g/mol. The zero-order valence-electron chi connectivity index (χ0n) is 12.5. The zero-order chi connectivity index (χ0) is 14.0. The number of carbonyl (C=O) groups excluding carboxylic acids is 2. The SMILES string of the molecule is CCCN(C)C(=O)CCCCCCC(=O)C(C)C. The molecule has 0 aromatic carbocycles. The lowest BCUT2D eigenvalue weighted by Crippen LogP contribution is -2.26.